The summed E-state index contributed by atoms with van der Waals surface area (Å²) >= 11 is 0. The van der Waals surface area contributed by atoms with Crippen molar-refractivity contribution >= 4 is 5.97 Å². The van der Waals surface area contributed by atoms with Crippen LogP contribution in [0.25, 0.3) is 0 Å². The van der Waals surface area contributed by atoms with E-state index >= 15 is 0 Å². The molecule has 2 fully saturated rings. The van der Waals surface area contributed by atoms with Crippen molar-refractivity contribution in [3.05, 3.63) is 12.2 Å². The van der Waals surface area contributed by atoms with Crippen LogP contribution in [0, 0.1) is 0 Å². The predicted molar refractivity (Wildman–Crippen MR) is 312 cm³/mol. The van der Waals surface area contributed by atoms with Gasteiger partial charge in [0.2, 0.25) is 0 Å². The number of rotatable bonds is 55. The van der Waals surface area contributed by atoms with E-state index < -0.39 is 80.7 Å². The monoisotopic (exact) mass is 1110 g/mol. The number of aliphatic hydroxyl groups excluding tert-OH is 7. The molecule has 2 aliphatic rings. The molecule has 2 aliphatic heterocycles. The summed E-state index contributed by atoms with van der Waals surface area (Å²) in [4.78, 5) is 13.1. The Bertz CT molecular complexity index is 1340. The third-order valence-corrected chi connectivity index (χ3v) is 16.0. The summed E-state index contributed by atoms with van der Waals surface area (Å²) in [5.41, 5.74) is 0. The van der Waals surface area contributed by atoms with Crippen LogP contribution in [0.1, 0.15) is 290 Å². The molecule has 7 N–H and O–H groups in total. The van der Waals surface area contributed by atoms with Gasteiger partial charge >= 0.3 is 5.97 Å². The van der Waals surface area contributed by atoms with Gasteiger partial charge < -0.3 is 64.2 Å². The molecular formula is C64H122O14. The van der Waals surface area contributed by atoms with Crippen molar-refractivity contribution in [2.45, 2.75) is 357 Å². The molecule has 11 unspecified atom stereocenters. The van der Waals surface area contributed by atoms with E-state index in [4.69, 9.17) is 28.4 Å². The molecule has 11 atom stereocenters. The van der Waals surface area contributed by atoms with Crippen molar-refractivity contribution in [2.24, 2.45) is 0 Å². The quantitative estimate of drug-likeness (QED) is 0.0172. The summed E-state index contributed by atoms with van der Waals surface area (Å²) in [7, 11) is 0. The highest BCUT2D eigenvalue weighted by Crippen LogP contribution is 2.27. The van der Waals surface area contributed by atoms with Crippen LogP contribution in [-0.4, -0.2) is 142 Å². The molecule has 2 rings (SSSR count). The number of allylic oxidation sites excluding steroid dienone is 2. The minimum atomic E-state index is -1.70. The van der Waals surface area contributed by atoms with E-state index in [0.29, 0.717) is 13.0 Å². The maximum Gasteiger partial charge on any atom is 0.306 e. The Morgan fingerprint density at radius 2 is 0.756 bits per heavy atom. The van der Waals surface area contributed by atoms with Crippen LogP contribution in [0.15, 0.2) is 12.2 Å². The molecular weight excluding hydrogens is 993 g/mol. The highest BCUT2D eigenvalue weighted by molar-refractivity contribution is 5.69. The molecule has 78 heavy (non-hydrogen) atoms. The molecule has 0 aromatic carbocycles. The molecule has 0 amide bonds. The molecule has 0 aromatic rings. The molecule has 462 valence electrons. The van der Waals surface area contributed by atoms with Crippen LogP contribution in [0.2, 0.25) is 0 Å². The van der Waals surface area contributed by atoms with E-state index in [1.165, 1.54) is 225 Å². The van der Waals surface area contributed by atoms with Crippen LogP contribution in [-0.2, 0) is 33.2 Å². The molecule has 0 bridgehead atoms. The van der Waals surface area contributed by atoms with Crippen molar-refractivity contribution in [3.63, 3.8) is 0 Å². The van der Waals surface area contributed by atoms with Gasteiger partial charge in [-0.15, -0.1) is 0 Å². The van der Waals surface area contributed by atoms with E-state index in [-0.39, 0.29) is 25.6 Å². The summed E-state index contributed by atoms with van der Waals surface area (Å²) in [6.45, 7) is 3.77. The van der Waals surface area contributed by atoms with E-state index in [1.807, 2.05) is 0 Å². The summed E-state index contributed by atoms with van der Waals surface area (Å²) in [6.07, 6.45) is 42.8. The fourth-order valence-electron chi connectivity index (χ4n) is 10.8. The lowest BCUT2D eigenvalue weighted by molar-refractivity contribution is -0.332. The smallest absolute Gasteiger partial charge is 0.306 e. The second-order valence-corrected chi connectivity index (χ2v) is 23.3. The summed E-state index contributed by atoms with van der Waals surface area (Å²) in [5, 5.41) is 72.5. The number of ether oxygens (including phenoxy) is 6. The molecule has 0 saturated carbocycles. The second-order valence-electron chi connectivity index (χ2n) is 23.3. The zero-order valence-electron chi connectivity index (χ0n) is 49.9. The van der Waals surface area contributed by atoms with Crippen LogP contribution in [0.4, 0.5) is 0 Å². The maximum atomic E-state index is 13.1. The number of hydrogen-bond donors (Lipinski definition) is 7. The fourth-order valence-corrected chi connectivity index (χ4v) is 10.8. The highest BCUT2D eigenvalue weighted by Gasteiger charge is 2.47. The van der Waals surface area contributed by atoms with Gasteiger partial charge in [-0.3, -0.25) is 4.79 Å². The van der Waals surface area contributed by atoms with Gasteiger partial charge in [0.1, 0.15) is 54.9 Å². The highest BCUT2D eigenvalue weighted by atomic mass is 16.7. The zero-order chi connectivity index (χ0) is 56.5. The number of unbranched alkanes of at least 4 members (excludes halogenated alkanes) is 39. The lowest BCUT2D eigenvalue weighted by atomic mass is 9.98. The SMILES string of the molecule is CCCCCCCCCC/C=C\CCCCCCCCCCCCCC(=O)OC(COCCCCCCCCCCCCCCCCCCCCCCC)COC1OC(COC2OC(CO)C(O)C(O)C2O)C(O)C(O)C1O. The van der Waals surface area contributed by atoms with Gasteiger partial charge in [0, 0.05) is 13.0 Å². The van der Waals surface area contributed by atoms with Gasteiger partial charge in [0.15, 0.2) is 12.6 Å². The van der Waals surface area contributed by atoms with Crippen molar-refractivity contribution in [3.8, 4) is 0 Å². The molecule has 0 radical (unpaired) electrons. The summed E-state index contributed by atoms with van der Waals surface area (Å²) in [6, 6.07) is 0. The Labute approximate surface area is 475 Å². The number of aliphatic hydroxyl groups is 7. The summed E-state index contributed by atoms with van der Waals surface area (Å²) < 4.78 is 34.5. The lowest BCUT2D eigenvalue weighted by Crippen LogP contribution is -2.61. The Morgan fingerprint density at radius 3 is 1.17 bits per heavy atom. The third kappa shape index (κ3) is 37.0. The first-order chi connectivity index (χ1) is 38.1. The third-order valence-electron chi connectivity index (χ3n) is 16.0. The second kappa shape index (κ2) is 51.4. The molecule has 0 aliphatic carbocycles. The Hall–Kier alpha value is -1.27. The molecule has 14 nitrogen and oxygen atoms in total. The van der Waals surface area contributed by atoms with Crippen LogP contribution < -0.4 is 0 Å². The Kier molecular flexibility index (Phi) is 48.0. The predicted octanol–water partition coefficient (Wildman–Crippen LogP) is 12.9. The molecule has 2 saturated heterocycles. The van der Waals surface area contributed by atoms with Crippen LogP contribution >= 0.6 is 0 Å². The van der Waals surface area contributed by atoms with Gasteiger partial charge in [-0.2, -0.15) is 0 Å². The Morgan fingerprint density at radius 1 is 0.410 bits per heavy atom. The van der Waals surface area contributed by atoms with Crippen molar-refractivity contribution in [1.29, 1.82) is 0 Å². The lowest BCUT2D eigenvalue weighted by Gasteiger charge is -2.42. The van der Waals surface area contributed by atoms with E-state index in [9.17, 15) is 40.5 Å². The molecule has 0 aromatic heterocycles. The first-order valence-corrected chi connectivity index (χ1v) is 32.8. The molecule has 14 heteroatoms. The van der Waals surface area contributed by atoms with Crippen molar-refractivity contribution in [1.82, 2.24) is 0 Å². The first kappa shape index (κ1) is 72.8. The van der Waals surface area contributed by atoms with Crippen molar-refractivity contribution < 1.29 is 69.0 Å². The average molecular weight is 1120 g/mol. The van der Waals surface area contributed by atoms with Gasteiger partial charge in [0.05, 0.1) is 26.4 Å². The largest absolute Gasteiger partial charge is 0.457 e. The van der Waals surface area contributed by atoms with E-state index in [1.54, 1.807) is 0 Å². The van der Waals surface area contributed by atoms with Crippen LogP contribution in [0.5, 0.6) is 0 Å². The van der Waals surface area contributed by atoms with Gasteiger partial charge in [0.25, 0.3) is 0 Å². The van der Waals surface area contributed by atoms with E-state index in [2.05, 4.69) is 26.0 Å². The molecule has 2 heterocycles. The Balaban J connectivity index is 1.66. The van der Waals surface area contributed by atoms with Gasteiger partial charge in [-0.05, 0) is 38.5 Å². The van der Waals surface area contributed by atoms with Crippen LogP contribution in [0.3, 0.4) is 0 Å². The minimum absolute atomic E-state index is 0.0685. The zero-order valence-corrected chi connectivity index (χ0v) is 49.9. The van der Waals surface area contributed by atoms with Crippen molar-refractivity contribution in [2.75, 3.05) is 33.0 Å². The number of hydrogen-bond acceptors (Lipinski definition) is 14. The number of esters is 1. The standard InChI is InChI=1S/C64H122O14/c1-3-5-7-9-11-13-15-17-19-21-23-25-26-27-29-31-33-35-37-39-41-43-45-47-56(66)76-53(50-73-48-46-44-42-40-38-36-34-32-30-28-24-22-20-18-16-14-12-10-8-6-4-2)51-74-63-62(72)60(70)58(68)55(78-63)52-75-64-61(71)59(69)57(67)54(49-65)77-64/h21,23,53-55,57-65,67-72H,3-20,22,24-52H2,1-2H3/b23-21-. The summed E-state index contributed by atoms with van der Waals surface area (Å²) in [5.74, 6) is -0.369. The topological polar surface area (TPSA) is 214 Å². The van der Waals surface area contributed by atoms with Gasteiger partial charge in [-0.25, -0.2) is 0 Å². The van der Waals surface area contributed by atoms with Gasteiger partial charge in [-0.1, -0.05) is 257 Å². The minimum Gasteiger partial charge on any atom is -0.457 e. The fraction of sp³-hybridized carbons (Fsp3) is 0.953. The average Bonchev–Trinajstić information content (AvgIpc) is 3.44. The first-order valence-electron chi connectivity index (χ1n) is 32.8. The maximum absolute atomic E-state index is 13.1. The molecule has 0 spiro atoms. The van der Waals surface area contributed by atoms with E-state index in [0.717, 1.165) is 38.5 Å². The number of carbonyl (C=O) groups excluding carboxylic acids is 1. The normalized spacial score (nSPS) is 24.1. The number of carbonyl (C=O) groups is 1.